The zero-order valence-corrected chi connectivity index (χ0v) is 17.9. The SMILES string of the molecule is CCCSc1nnc2c(n1)OC(c1ccc3c(c1)OCO3)Nc1ccc(Br)cc1-2. The Labute approximate surface area is 180 Å². The van der Waals surface area contributed by atoms with Crippen LogP contribution in [0.2, 0.25) is 0 Å². The number of nitrogens with one attached hydrogen (secondary N) is 1. The topological polar surface area (TPSA) is 78.4 Å². The number of halogens is 1. The predicted octanol–water partition coefficient (Wildman–Crippen LogP) is 5.04. The number of ether oxygens (including phenoxy) is 3. The second kappa shape index (κ2) is 7.72. The zero-order valence-electron chi connectivity index (χ0n) is 15.5. The molecule has 3 heterocycles. The Morgan fingerprint density at radius 1 is 1.14 bits per heavy atom. The molecule has 0 saturated carbocycles. The minimum absolute atomic E-state index is 0.229. The number of hydrogen-bond acceptors (Lipinski definition) is 8. The summed E-state index contributed by atoms with van der Waals surface area (Å²) in [4.78, 5) is 4.64. The molecule has 0 radical (unpaired) electrons. The molecule has 29 heavy (non-hydrogen) atoms. The Hall–Kier alpha value is -2.52. The van der Waals surface area contributed by atoms with Gasteiger partial charge in [-0.3, -0.25) is 0 Å². The molecule has 2 aliphatic heterocycles. The molecule has 9 heteroatoms. The fraction of sp³-hybridized carbons (Fsp3) is 0.250. The lowest BCUT2D eigenvalue weighted by atomic mass is 10.1. The number of benzene rings is 2. The molecular formula is C20H17BrN4O3S. The van der Waals surface area contributed by atoms with Gasteiger partial charge in [0.1, 0.15) is 0 Å². The van der Waals surface area contributed by atoms with E-state index >= 15 is 0 Å². The van der Waals surface area contributed by atoms with E-state index in [1.807, 2.05) is 36.4 Å². The highest BCUT2D eigenvalue weighted by Crippen LogP contribution is 2.42. The molecule has 0 spiro atoms. The standard InChI is InChI=1S/C20H17BrN4O3S/c1-2-7-29-20-23-19-17(24-25-20)13-9-12(21)4-5-14(13)22-18(28-19)11-3-6-15-16(8-11)27-10-26-15/h3-6,8-9,18,22H,2,7,10H2,1H3. The van der Waals surface area contributed by atoms with Crippen molar-refractivity contribution in [1.82, 2.24) is 15.2 Å². The minimum Gasteiger partial charge on any atom is -0.454 e. The fourth-order valence-corrected chi connectivity index (χ4v) is 4.15. The first kappa shape index (κ1) is 18.5. The van der Waals surface area contributed by atoms with E-state index in [1.165, 1.54) is 0 Å². The van der Waals surface area contributed by atoms with Gasteiger partial charge in [0.25, 0.3) is 0 Å². The van der Waals surface area contributed by atoms with Gasteiger partial charge in [-0.05, 0) is 42.8 Å². The molecular weight excluding hydrogens is 456 g/mol. The largest absolute Gasteiger partial charge is 0.454 e. The molecule has 5 rings (SSSR count). The van der Waals surface area contributed by atoms with Crippen LogP contribution in [0.3, 0.4) is 0 Å². The van der Waals surface area contributed by atoms with Crippen molar-refractivity contribution in [2.24, 2.45) is 0 Å². The molecule has 0 saturated heterocycles. The van der Waals surface area contributed by atoms with Gasteiger partial charge in [-0.1, -0.05) is 34.6 Å². The second-order valence-electron chi connectivity index (χ2n) is 6.54. The van der Waals surface area contributed by atoms with Crippen molar-refractivity contribution in [3.05, 3.63) is 46.4 Å². The van der Waals surface area contributed by atoms with Gasteiger partial charge in [-0.15, -0.1) is 10.2 Å². The summed E-state index contributed by atoms with van der Waals surface area (Å²) >= 11 is 5.11. The van der Waals surface area contributed by atoms with Gasteiger partial charge in [-0.2, -0.15) is 4.98 Å². The van der Waals surface area contributed by atoms with Crippen molar-refractivity contribution >= 4 is 33.4 Å². The molecule has 0 amide bonds. The molecule has 148 valence electrons. The van der Waals surface area contributed by atoms with Gasteiger partial charge < -0.3 is 19.5 Å². The lowest BCUT2D eigenvalue weighted by molar-refractivity contribution is 0.173. The molecule has 1 unspecified atom stereocenters. The van der Waals surface area contributed by atoms with Gasteiger partial charge in [0.15, 0.2) is 23.4 Å². The Morgan fingerprint density at radius 2 is 2.03 bits per heavy atom. The third-order valence-corrected chi connectivity index (χ3v) is 6.06. The summed E-state index contributed by atoms with van der Waals surface area (Å²) in [6.07, 6.45) is 0.565. The number of nitrogens with zero attached hydrogens (tertiary/aromatic N) is 3. The third-order valence-electron chi connectivity index (χ3n) is 4.52. The van der Waals surface area contributed by atoms with Crippen LogP contribution in [0, 0.1) is 0 Å². The van der Waals surface area contributed by atoms with Crippen molar-refractivity contribution in [2.75, 3.05) is 17.9 Å². The van der Waals surface area contributed by atoms with E-state index < -0.39 is 6.23 Å². The Kier molecular flexibility index (Phi) is 4.92. The maximum absolute atomic E-state index is 6.30. The minimum atomic E-state index is -0.466. The first-order chi connectivity index (χ1) is 14.2. The lowest BCUT2D eigenvalue weighted by Gasteiger charge is -2.19. The van der Waals surface area contributed by atoms with Gasteiger partial charge in [-0.25, -0.2) is 0 Å². The fourth-order valence-electron chi connectivity index (χ4n) is 3.15. The van der Waals surface area contributed by atoms with E-state index in [0.717, 1.165) is 39.2 Å². The van der Waals surface area contributed by atoms with Gasteiger partial charge in [0.2, 0.25) is 17.8 Å². The third kappa shape index (κ3) is 3.60. The van der Waals surface area contributed by atoms with Crippen LogP contribution in [-0.2, 0) is 0 Å². The summed E-state index contributed by atoms with van der Waals surface area (Å²) in [7, 11) is 0. The van der Waals surface area contributed by atoms with Crippen LogP contribution < -0.4 is 19.5 Å². The van der Waals surface area contributed by atoms with Crippen molar-refractivity contribution in [2.45, 2.75) is 24.7 Å². The van der Waals surface area contributed by atoms with Crippen molar-refractivity contribution in [3.8, 4) is 28.6 Å². The summed E-state index contributed by atoms with van der Waals surface area (Å²) < 4.78 is 18.2. The van der Waals surface area contributed by atoms with Crippen molar-refractivity contribution in [3.63, 3.8) is 0 Å². The number of hydrogen-bond donors (Lipinski definition) is 1. The van der Waals surface area contributed by atoms with Crippen LogP contribution in [0.5, 0.6) is 17.4 Å². The van der Waals surface area contributed by atoms with Crippen molar-refractivity contribution < 1.29 is 14.2 Å². The van der Waals surface area contributed by atoms with Crippen LogP contribution in [0.4, 0.5) is 5.69 Å². The number of thioether (sulfide) groups is 1. The summed E-state index contributed by atoms with van der Waals surface area (Å²) in [5, 5.41) is 12.8. The monoisotopic (exact) mass is 472 g/mol. The Morgan fingerprint density at radius 3 is 2.93 bits per heavy atom. The molecule has 3 aromatic rings. The summed E-state index contributed by atoms with van der Waals surface area (Å²) in [6, 6.07) is 11.7. The van der Waals surface area contributed by atoms with Crippen LogP contribution in [-0.4, -0.2) is 27.7 Å². The predicted molar refractivity (Wildman–Crippen MR) is 114 cm³/mol. The Bertz CT molecular complexity index is 1080. The molecule has 7 nitrogen and oxygen atoms in total. The number of aromatic nitrogens is 3. The highest BCUT2D eigenvalue weighted by atomic mass is 79.9. The molecule has 0 fully saturated rings. The highest BCUT2D eigenvalue weighted by Gasteiger charge is 2.27. The number of anilines is 1. The molecule has 1 aromatic heterocycles. The highest BCUT2D eigenvalue weighted by molar-refractivity contribution is 9.10. The van der Waals surface area contributed by atoms with Crippen LogP contribution >= 0.6 is 27.7 Å². The number of fused-ring (bicyclic) bond motifs is 4. The van der Waals surface area contributed by atoms with E-state index in [9.17, 15) is 0 Å². The number of rotatable bonds is 4. The summed E-state index contributed by atoms with van der Waals surface area (Å²) in [5.74, 6) is 2.81. The maximum Gasteiger partial charge on any atom is 0.247 e. The average molecular weight is 473 g/mol. The van der Waals surface area contributed by atoms with Crippen LogP contribution in [0.25, 0.3) is 11.3 Å². The smallest absolute Gasteiger partial charge is 0.247 e. The van der Waals surface area contributed by atoms with Crippen molar-refractivity contribution in [1.29, 1.82) is 0 Å². The first-order valence-electron chi connectivity index (χ1n) is 9.21. The molecule has 0 bridgehead atoms. The summed E-state index contributed by atoms with van der Waals surface area (Å²) in [6.45, 7) is 2.35. The quantitative estimate of drug-likeness (QED) is 0.529. The van der Waals surface area contributed by atoms with Gasteiger partial charge in [0.05, 0.1) is 0 Å². The molecule has 2 aliphatic rings. The van der Waals surface area contributed by atoms with E-state index in [1.54, 1.807) is 11.8 Å². The van der Waals surface area contributed by atoms with Gasteiger partial charge in [0, 0.05) is 27.0 Å². The second-order valence-corrected chi connectivity index (χ2v) is 8.52. The van der Waals surface area contributed by atoms with E-state index in [-0.39, 0.29) is 6.79 Å². The Balaban J connectivity index is 1.59. The first-order valence-corrected chi connectivity index (χ1v) is 11.0. The summed E-state index contributed by atoms with van der Waals surface area (Å²) in [5.41, 5.74) is 3.28. The van der Waals surface area contributed by atoms with E-state index in [2.05, 4.69) is 43.4 Å². The zero-order chi connectivity index (χ0) is 19.8. The average Bonchev–Trinajstić information content (AvgIpc) is 3.14. The van der Waals surface area contributed by atoms with Crippen LogP contribution in [0.15, 0.2) is 46.0 Å². The normalized spacial score (nSPS) is 16.3. The molecule has 1 atom stereocenters. The molecule has 2 aromatic carbocycles. The van der Waals surface area contributed by atoms with Crippen LogP contribution in [0.1, 0.15) is 25.1 Å². The lowest BCUT2D eigenvalue weighted by Crippen LogP contribution is -2.17. The van der Waals surface area contributed by atoms with Gasteiger partial charge >= 0.3 is 0 Å². The van der Waals surface area contributed by atoms with E-state index in [0.29, 0.717) is 22.5 Å². The van der Waals surface area contributed by atoms with E-state index in [4.69, 9.17) is 14.2 Å². The maximum atomic E-state index is 6.30. The molecule has 0 aliphatic carbocycles. The molecule has 1 N–H and O–H groups in total.